The summed E-state index contributed by atoms with van der Waals surface area (Å²) in [5.41, 5.74) is 1.84. The number of alkyl halides is 3. The molecule has 5 heteroatoms. The van der Waals surface area contributed by atoms with E-state index in [1.165, 1.54) is 25.3 Å². The summed E-state index contributed by atoms with van der Waals surface area (Å²) in [6, 6.07) is 12.1. The van der Waals surface area contributed by atoms with Gasteiger partial charge >= 0.3 is 6.18 Å². The van der Waals surface area contributed by atoms with Gasteiger partial charge in [0.15, 0.2) is 5.78 Å². The first-order valence-electron chi connectivity index (χ1n) is 7.93. The first-order valence-corrected chi connectivity index (χ1v) is 7.93. The number of Topliss-reactive ketones (excluding diaryl/α,β-unsaturated/α-hetero) is 1. The van der Waals surface area contributed by atoms with Gasteiger partial charge in [0.2, 0.25) is 0 Å². The van der Waals surface area contributed by atoms with Crippen molar-refractivity contribution in [2.75, 3.05) is 0 Å². The molecule has 0 saturated carbocycles. The Kier molecular flexibility index (Phi) is 5.57. The SMILES string of the molecule is CC.CC(=O)c1cnc2c(-c3ccc(C(F)(F)F)cc3)cccc2c1. The van der Waals surface area contributed by atoms with Gasteiger partial charge in [0, 0.05) is 22.7 Å². The number of hydrogen-bond donors (Lipinski definition) is 0. The number of fused-ring (bicyclic) bond motifs is 1. The van der Waals surface area contributed by atoms with Crippen LogP contribution in [0.3, 0.4) is 0 Å². The first kappa shape index (κ1) is 18.6. The van der Waals surface area contributed by atoms with Crippen LogP contribution in [0.2, 0.25) is 0 Å². The quantitative estimate of drug-likeness (QED) is 0.521. The average Bonchev–Trinajstić information content (AvgIpc) is 2.61. The molecule has 0 aliphatic heterocycles. The summed E-state index contributed by atoms with van der Waals surface area (Å²) in [6.07, 6.45) is -2.87. The van der Waals surface area contributed by atoms with E-state index in [4.69, 9.17) is 0 Å². The monoisotopic (exact) mass is 345 g/mol. The number of hydrogen-bond acceptors (Lipinski definition) is 2. The molecule has 3 aromatic rings. The summed E-state index contributed by atoms with van der Waals surface area (Å²) in [4.78, 5) is 15.7. The van der Waals surface area contributed by atoms with E-state index in [0.29, 0.717) is 16.6 Å². The van der Waals surface area contributed by atoms with E-state index in [0.717, 1.165) is 23.1 Å². The van der Waals surface area contributed by atoms with Crippen molar-refractivity contribution in [1.82, 2.24) is 4.98 Å². The fourth-order valence-corrected chi connectivity index (χ4v) is 2.43. The third-order valence-electron chi connectivity index (χ3n) is 3.64. The van der Waals surface area contributed by atoms with E-state index in [1.807, 2.05) is 19.9 Å². The molecule has 0 amide bonds. The molecule has 2 nitrogen and oxygen atoms in total. The zero-order valence-electron chi connectivity index (χ0n) is 14.2. The molecule has 0 unspecified atom stereocenters. The summed E-state index contributed by atoms with van der Waals surface area (Å²) < 4.78 is 38.0. The van der Waals surface area contributed by atoms with Crippen LogP contribution in [-0.4, -0.2) is 10.8 Å². The molecule has 0 spiro atoms. The van der Waals surface area contributed by atoms with Crippen molar-refractivity contribution >= 4 is 16.7 Å². The molecule has 3 rings (SSSR count). The molecule has 0 radical (unpaired) electrons. The van der Waals surface area contributed by atoms with Gasteiger partial charge in [-0.25, -0.2) is 0 Å². The lowest BCUT2D eigenvalue weighted by molar-refractivity contribution is -0.137. The Morgan fingerprint density at radius 3 is 2.20 bits per heavy atom. The second-order valence-electron chi connectivity index (χ2n) is 5.23. The summed E-state index contributed by atoms with van der Waals surface area (Å²) in [6.45, 7) is 5.46. The third-order valence-corrected chi connectivity index (χ3v) is 3.64. The highest BCUT2D eigenvalue weighted by molar-refractivity contribution is 6.00. The zero-order chi connectivity index (χ0) is 18.6. The van der Waals surface area contributed by atoms with Gasteiger partial charge in [-0.05, 0) is 30.7 Å². The van der Waals surface area contributed by atoms with Gasteiger partial charge in [-0.3, -0.25) is 9.78 Å². The van der Waals surface area contributed by atoms with Crippen LogP contribution in [0.25, 0.3) is 22.0 Å². The molecule has 0 atom stereocenters. The normalized spacial score (nSPS) is 11.0. The van der Waals surface area contributed by atoms with E-state index in [2.05, 4.69) is 4.98 Å². The molecule has 0 saturated heterocycles. The minimum absolute atomic E-state index is 0.0840. The predicted molar refractivity (Wildman–Crippen MR) is 93.5 cm³/mol. The average molecular weight is 345 g/mol. The summed E-state index contributed by atoms with van der Waals surface area (Å²) in [5, 5.41) is 0.773. The van der Waals surface area contributed by atoms with Crippen molar-refractivity contribution in [3.8, 4) is 11.1 Å². The lowest BCUT2D eigenvalue weighted by atomic mass is 9.99. The van der Waals surface area contributed by atoms with Crippen LogP contribution in [0.4, 0.5) is 13.2 Å². The number of rotatable bonds is 2. The molecule has 130 valence electrons. The van der Waals surface area contributed by atoms with Crippen molar-refractivity contribution < 1.29 is 18.0 Å². The highest BCUT2D eigenvalue weighted by Gasteiger charge is 2.30. The smallest absolute Gasteiger partial charge is 0.294 e. The fraction of sp³-hybridized carbons (Fsp3) is 0.200. The second kappa shape index (κ2) is 7.47. The number of carbonyl (C=O) groups excluding carboxylic acids is 1. The Bertz CT molecular complexity index is 884. The molecule has 0 bridgehead atoms. The largest absolute Gasteiger partial charge is 0.416 e. The van der Waals surface area contributed by atoms with Crippen LogP contribution in [-0.2, 0) is 6.18 Å². The molecule has 0 aliphatic rings. The van der Waals surface area contributed by atoms with Crippen LogP contribution < -0.4 is 0 Å². The third kappa shape index (κ3) is 4.05. The molecule has 25 heavy (non-hydrogen) atoms. The topological polar surface area (TPSA) is 30.0 Å². The number of nitrogens with zero attached hydrogens (tertiary/aromatic N) is 1. The van der Waals surface area contributed by atoms with Crippen molar-refractivity contribution in [3.05, 3.63) is 65.9 Å². The molecule has 0 fully saturated rings. The lowest BCUT2D eigenvalue weighted by Crippen LogP contribution is -2.04. The van der Waals surface area contributed by atoms with Gasteiger partial charge in [0.05, 0.1) is 11.1 Å². The van der Waals surface area contributed by atoms with Crippen LogP contribution >= 0.6 is 0 Å². The Morgan fingerprint density at radius 1 is 1.00 bits per heavy atom. The van der Waals surface area contributed by atoms with Crippen molar-refractivity contribution in [3.63, 3.8) is 0 Å². The Morgan fingerprint density at radius 2 is 1.64 bits per heavy atom. The van der Waals surface area contributed by atoms with Gasteiger partial charge in [-0.2, -0.15) is 13.2 Å². The summed E-state index contributed by atoms with van der Waals surface area (Å²) in [7, 11) is 0. The summed E-state index contributed by atoms with van der Waals surface area (Å²) in [5.74, 6) is -0.0840. The first-order chi connectivity index (χ1) is 11.9. The highest BCUT2D eigenvalue weighted by Crippen LogP contribution is 2.32. The van der Waals surface area contributed by atoms with E-state index in [1.54, 1.807) is 18.2 Å². The molecule has 1 aromatic heterocycles. The van der Waals surface area contributed by atoms with E-state index in [9.17, 15) is 18.0 Å². The van der Waals surface area contributed by atoms with Crippen molar-refractivity contribution in [2.24, 2.45) is 0 Å². The van der Waals surface area contributed by atoms with Crippen LogP contribution in [0.1, 0.15) is 36.7 Å². The van der Waals surface area contributed by atoms with Crippen LogP contribution in [0.5, 0.6) is 0 Å². The number of halogens is 3. The zero-order valence-corrected chi connectivity index (χ0v) is 14.2. The van der Waals surface area contributed by atoms with E-state index in [-0.39, 0.29) is 5.78 Å². The number of aromatic nitrogens is 1. The Balaban J connectivity index is 0.00000109. The Hall–Kier alpha value is -2.69. The van der Waals surface area contributed by atoms with Gasteiger partial charge < -0.3 is 0 Å². The molecule has 0 N–H and O–H groups in total. The maximum atomic E-state index is 12.7. The number of benzene rings is 2. The van der Waals surface area contributed by atoms with Crippen LogP contribution in [0, 0.1) is 0 Å². The maximum absolute atomic E-state index is 12.7. The van der Waals surface area contributed by atoms with Crippen LogP contribution in [0.15, 0.2) is 54.7 Å². The second-order valence-corrected chi connectivity index (χ2v) is 5.23. The molecule has 1 heterocycles. The molecule has 2 aromatic carbocycles. The lowest BCUT2D eigenvalue weighted by Gasteiger charge is -2.10. The predicted octanol–water partition coefficient (Wildman–Crippen LogP) is 6.15. The van der Waals surface area contributed by atoms with Crippen molar-refractivity contribution in [2.45, 2.75) is 26.9 Å². The Labute approximate surface area is 144 Å². The van der Waals surface area contributed by atoms with Gasteiger partial charge in [-0.1, -0.05) is 44.2 Å². The standard InChI is InChI=1S/C18H12F3NO.C2H6/c1-11(23)14-9-13-3-2-4-16(17(13)22-10-14)12-5-7-15(8-6-12)18(19,20)21;1-2/h2-10H,1H3;1-2H3. The number of carbonyl (C=O) groups is 1. The van der Waals surface area contributed by atoms with E-state index >= 15 is 0 Å². The van der Waals surface area contributed by atoms with Gasteiger partial charge in [0.25, 0.3) is 0 Å². The molecule has 0 aliphatic carbocycles. The minimum Gasteiger partial charge on any atom is -0.294 e. The number of pyridine rings is 1. The van der Waals surface area contributed by atoms with Gasteiger partial charge in [0.1, 0.15) is 0 Å². The maximum Gasteiger partial charge on any atom is 0.416 e. The van der Waals surface area contributed by atoms with E-state index < -0.39 is 11.7 Å². The molecular weight excluding hydrogens is 327 g/mol. The van der Waals surface area contributed by atoms with Gasteiger partial charge in [-0.15, -0.1) is 0 Å². The minimum atomic E-state index is -4.36. The summed E-state index contributed by atoms with van der Waals surface area (Å²) >= 11 is 0. The number of para-hydroxylation sites is 1. The molecular formula is C20H18F3NO. The number of ketones is 1. The fourth-order valence-electron chi connectivity index (χ4n) is 2.43. The highest BCUT2D eigenvalue weighted by atomic mass is 19.4. The van der Waals surface area contributed by atoms with Crippen molar-refractivity contribution in [1.29, 1.82) is 0 Å².